The third kappa shape index (κ3) is 3.88. The Morgan fingerprint density at radius 2 is 2.00 bits per heavy atom. The second-order valence-corrected chi connectivity index (χ2v) is 4.95. The zero-order chi connectivity index (χ0) is 15.2. The van der Waals surface area contributed by atoms with E-state index in [4.69, 9.17) is 4.74 Å². The number of amides is 1. The molecule has 0 atom stereocenters. The average Bonchev–Trinajstić information content (AvgIpc) is 2.48. The van der Waals surface area contributed by atoms with E-state index < -0.39 is 11.7 Å². The fourth-order valence-electron chi connectivity index (χ4n) is 1.66. The molecule has 1 amide bonds. The summed E-state index contributed by atoms with van der Waals surface area (Å²) in [6.07, 6.45) is 0.634. The first-order valence-electron chi connectivity index (χ1n) is 6.02. The van der Waals surface area contributed by atoms with Crippen molar-refractivity contribution in [3.8, 4) is 5.75 Å². The first-order valence-corrected chi connectivity index (χ1v) is 6.82. The van der Waals surface area contributed by atoms with Crippen molar-refractivity contribution in [2.45, 2.75) is 0 Å². The van der Waals surface area contributed by atoms with Gasteiger partial charge < -0.3 is 10.1 Å². The van der Waals surface area contributed by atoms with E-state index in [9.17, 15) is 14.0 Å². The summed E-state index contributed by atoms with van der Waals surface area (Å²) >= 11 is 3.24. The lowest BCUT2D eigenvalue weighted by Crippen LogP contribution is -2.21. The number of carbonyl (C=O) groups excluding carboxylic acids is 2. The van der Waals surface area contributed by atoms with Crippen LogP contribution in [0.4, 0.5) is 10.1 Å². The Balaban J connectivity index is 2.02. The van der Waals surface area contributed by atoms with Crippen LogP contribution in [0.1, 0.15) is 10.4 Å². The molecular formula is C15H11BrFNO3. The lowest BCUT2D eigenvalue weighted by atomic mass is 10.2. The molecule has 108 valence electrons. The Bertz CT molecular complexity index is 676. The van der Waals surface area contributed by atoms with Gasteiger partial charge in [-0.15, -0.1) is 0 Å². The van der Waals surface area contributed by atoms with Gasteiger partial charge in [0.15, 0.2) is 12.9 Å². The predicted molar refractivity (Wildman–Crippen MR) is 80.1 cm³/mol. The molecule has 0 aliphatic carbocycles. The van der Waals surface area contributed by atoms with Gasteiger partial charge in [-0.25, -0.2) is 4.39 Å². The van der Waals surface area contributed by atoms with Crippen LogP contribution in [-0.4, -0.2) is 18.8 Å². The lowest BCUT2D eigenvalue weighted by Gasteiger charge is -2.11. The quantitative estimate of drug-likeness (QED) is 0.839. The molecule has 0 saturated heterocycles. The minimum atomic E-state index is -0.527. The maximum Gasteiger partial charge on any atom is 0.262 e. The first-order chi connectivity index (χ1) is 10.1. The monoisotopic (exact) mass is 351 g/mol. The van der Waals surface area contributed by atoms with Crippen LogP contribution in [0.5, 0.6) is 5.75 Å². The average molecular weight is 352 g/mol. The summed E-state index contributed by atoms with van der Waals surface area (Å²) in [4.78, 5) is 22.7. The highest BCUT2D eigenvalue weighted by Crippen LogP contribution is 2.27. The molecule has 21 heavy (non-hydrogen) atoms. The van der Waals surface area contributed by atoms with Crippen molar-refractivity contribution in [2.75, 3.05) is 11.9 Å². The van der Waals surface area contributed by atoms with E-state index in [0.29, 0.717) is 16.3 Å². The molecule has 0 spiro atoms. The van der Waals surface area contributed by atoms with Gasteiger partial charge in [0.2, 0.25) is 0 Å². The van der Waals surface area contributed by atoms with Crippen molar-refractivity contribution >= 4 is 33.8 Å². The van der Waals surface area contributed by atoms with Gasteiger partial charge in [-0.2, -0.15) is 0 Å². The Morgan fingerprint density at radius 3 is 2.71 bits per heavy atom. The number of aldehydes is 1. The summed E-state index contributed by atoms with van der Waals surface area (Å²) in [5, 5.41) is 2.39. The number of hydrogen-bond acceptors (Lipinski definition) is 3. The van der Waals surface area contributed by atoms with E-state index in [1.807, 2.05) is 0 Å². The Hall–Kier alpha value is -2.21. The van der Waals surface area contributed by atoms with Gasteiger partial charge in [-0.3, -0.25) is 9.59 Å². The van der Waals surface area contributed by atoms with Crippen molar-refractivity contribution in [2.24, 2.45) is 0 Å². The van der Waals surface area contributed by atoms with Crippen LogP contribution in [0, 0.1) is 5.82 Å². The fourth-order valence-corrected chi connectivity index (χ4v) is 2.15. The highest BCUT2D eigenvalue weighted by atomic mass is 79.9. The zero-order valence-corrected chi connectivity index (χ0v) is 12.4. The maximum atomic E-state index is 13.4. The van der Waals surface area contributed by atoms with E-state index in [2.05, 4.69) is 21.2 Å². The van der Waals surface area contributed by atoms with Gasteiger partial charge in [0, 0.05) is 0 Å². The van der Waals surface area contributed by atoms with Crippen LogP contribution in [0.15, 0.2) is 46.9 Å². The number of anilines is 1. The zero-order valence-electron chi connectivity index (χ0n) is 10.8. The first kappa shape index (κ1) is 15.2. The molecule has 0 heterocycles. The summed E-state index contributed by atoms with van der Waals surface area (Å²) in [7, 11) is 0. The number of para-hydroxylation sites is 2. The smallest absolute Gasteiger partial charge is 0.262 e. The minimum absolute atomic E-state index is 0.0776. The molecule has 0 radical (unpaired) electrons. The van der Waals surface area contributed by atoms with Crippen LogP contribution in [-0.2, 0) is 4.79 Å². The van der Waals surface area contributed by atoms with Crippen molar-refractivity contribution in [1.29, 1.82) is 0 Å². The van der Waals surface area contributed by atoms with Crippen molar-refractivity contribution in [1.82, 2.24) is 0 Å². The normalized spacial score (nSPS) is 10.0. The molecule has 0 bridgehead atoms. The Morgan fingerprint density at radius 1 is 1.24 bits per heavy atom. The van der Waals surface area contributed by atoms with Gasteiger partial charge in [0.25, 0.3) is 5.91 Å². The van der Waals surface area contributed by atoms with E-state index in [-0.39, 0.29) is 18.0 Å². The number of rotatable bonds is 5. The standard InChI is InChI=1S/C15H11BrFNO3/c16-11-5-3-4-10(8-19)15(11)21-9-14(20)18-13-7-2-1-6-12(13)17/h1-8H,9H2,(H,18,20). The molecule has 0 aliphatic rings. The molecule has 2 aromatic rings. The highest BCUT2D eigenvalue weighted by Gasteiger charge is 2.11. The predicted octanol–water partition coefficient (Wildman–Crippen LogP) is 3.42. The van der Waals surface area contributed by atoms with Crippen molar-refractivity contribution < 1.29 is 18.7 Å². The topological polar surface area (TPSA) is 55.4 Å². The van der Waals surface area contributed by atoms with Crippen LogP contribution in [0.3, 0.4) is 0 Å². The van der Waals surface area contributed by atoms with Crippen LogP contribution in [0.25, 0.3) is 0 Å². The third-order valence-electron chi connectivity index (χ3n) is 2.62. The minimum Gasteiger partial charge on any atom is -0.482 e. The molecule has 2 aromatic carbocycles. The molecule has 2 rings (SSSR count). The fraction of sp³-hybridized carbons (Fsp3) is 0.0667. The van der Waals surface area contributed by atoms with Crippen molar-refractivity contribution in [3.63, 3.8) is 0 Å². The summed E-state index contributed by atoms with van der Waals surface area (Å²) in [6, 6.07) is 10.8. The Labute approximate surface area is 129 Å². The van der Waals surface area contributed by atoms with Crippen LogP contribution >= 0.6 is 15.9 Å². The molecule has 1 N–H and O–H groups in total. The molecule has 0 saturated carbocycles. The molecule has 6 heteroatoms. The summed E-state index contributed by atoms with van der Waals surface area (Å²) in [6.45, 7) is -0.336. The number of ether oxygens (including phenoxy) is 1. The Kier molecular flexibility index (Phi) is 5.05. The van der Waals surface area contributed by atoms with Gasteiger partial charge in [0.05, 0.1) is 15.7 Å². The van der Waals surface area contributed by atoms with E-state index >= 15 is 0 Å². The molecule has 0 aromatic heterocycles. The summed E-state index contributed by atoms with van der Waals surface area (Å²) in [5.74, 6) is -0.774. The number of halogens is 2. The molecule has 4 nitrogen and oxygen atoms in total. The highest BCUT2D eigenvalue weighted by molar-refractivity contribution is 9.10. The number of hydrogen-bond donors (Lipinski definition) is 1. The van der Waals surface area contributed by atoms with Crippen LogP contribution in [0.2, 0.25) is 0 Å². The second-order valence-electron chi connectivity index (χ2n) is 4.09. The SMILES string of the molecule is O=Cc1cccc(Br)c1OCC(=O)Nc1ccccc1F. The van der Waals surface area contributed by atoms with Crippen molar-refractivity contribution in [3.05, 3.63) is 58.3 Å². The van der Waals surface area contributed by atoms with E-state index in [1.165, 1.54) is 18.2 Å². The number of benzene rings is 2. The third-order valence-corrected chi connectivity index (χ3v) is 3.24. The number of carbonyl (C=O) groups is 2. The maximum absolute atomic E-state index is 13.4. The molecule has 0 unspecified atom stereocenters. The van der Waals surface area contributed by atoms with E-state index in [0.717, 1.165) is 0 Å². The van der Waals surface area contributed by atoms with Crippen LogP contribution < -0.4 is 10.1 Å². The molecular weight excluding hydrogens is 341 g/mol. The summed E-state index contributed by atoms with van der Waals surface area (Å²) in [5.41, 5.74) is 0.400. The van der Waals surface area contributed by atoms with Gasteiger partial charge in [-0.05, 0) is 40.2 Å². The molecule has 0 fully saturated rings. The second kappa shape index (κ2) is 6.99. The van der Waals surface area contributed by atoms with E-state index in [1.54, 1.807) is 24.3 Å². The van der Waals surface area contributed by atoms with Gasteiger partial charge in [0.1, 0.15) is 11.6 Å². The van der Waals surface area contributed by atoms with Gasteiger partial charge >= 0.3 is 0 Å². The van der Waals surface area contributed by atoms with Gasteiger partial charge in [-0.1, -0.05) is 18.2 Å². The molecule has 0 aliphatic heterocycles. The largest absolute Gasteiger partial charge is 0.482 e. The lowest BCUT2D eigenvalue weighted by molar-refractivity contribution is -0.118. The summed E-state index contributed by atoms with van der Waals surface area (Å²) < 4.78 is 19.3. The number of nitrogens with one attached hydrogen (secondary N) is 1.